The van der Waals surface area contributed by atoms with E-state index in [0.717, 1.165) is 23.6 Å². The second-order valence-corrected chi connectivity index (χ2v) is 14.7. The summed E-state index contributed by atoms with van der Waals surface area (Å²) >= 11 is 0. The zero-order valence-electron chi connectivity index (χ0n) is 26.8. The van der Waals surface area contributed by atoms with Crippen LogP contribution in [0.5, 0.6) is 17.2 Å². The molecule has 1 aliphatic heterocycles. The number of benzene rings is 3. The largest absolute Gasteiger partial charge is 0.493 e. The third-order valence-electron chi connectivity index (χ3n) is 8.13. The Morgan fingerprint density at radius 3 is 2.60 bits per heavy atom. The summed E-state index contributed by atoms with van der Waals surface area (Å²) in [4.78, 5) is 22.0. The number of alkyl carbamates (subject to hydrolysis) is 1. The SMILES string of the molecule is CC(C)(C)OC(=O)NCc1cc(F)c(-c2ncc(C3(C)CCOc4ccccc43)[nH]2)cc1Oc1c(F)c(F)c2[nH]ccc2c1S(C)(=O)=O. The normalized spacial score (nSPS) is 16.3. The second-order valence-electron chi connectivity index (χ2n) is 12.8. The maximum atomic E-state index is 15.9. The summed E-state index contributed by atoms with van der Waals surface area (Å²) in [5, 5.41) is 2.36. The summed E-state index contributed by atoms with van der Waals surface area (Å²) in [6.07, 6.45) is 3.47. The minimum absolute atomic E-state index is 0.0207. The third kappa shape index (κ3) is 6.07. The number of aromatic amines is 2. The highest BCUT2D eigenvalue weighted by molar-refractivity contribution is 7.91. The molecular weight excluding hydrogens is 649 g/mol. The van der Waals surface area contributed by atoms with Crippen molar-refractivity contribution < 1.29 is 40.6 Å². The molecule has 3 aromatic carbocycles. The van der Waals surface area contributed by atoms with Crippen molar-refractivity contribution in [1.29, 1.82) is 0 Å². The summed E-state index contributed by atoms with van der Waals surface area (Å²) in [5.74, 6) is -4.09. The Labute approximate surface area is 274 Å². The van der Waals surface area contributed by atoms with Crippen molar-refractivity contribution in [2.45, 2.75) is 56.6 Å². The van der Waals surface area contributed by atoms with E-state index in [1.165, 1.54) is 18.3 Å². The molecule has 0 bridgehead atoms. The topological polar surface area (TPSA) is 135 Å². The molecule has 5 aromatic rings. The van der Waals surface area contributed by atoms with E-state index in [-0.39, 0.29) is 40.1 Å². The first-order valence-corrected chi connectivity index (χ1v) is 16.9. The predicted molar refractivity (Wildman–Crippen MR) is 171 cm³/mol. The molecule has 3 N–H and O–H groups in total. The van der Waals surface area contributed by atoms with Gasteiger partial charge in [0.15, 0.2) is 21.4 Å². The number of fused-ring (bicyclic) bond motifs is 2. The van der Waals surface area contributed by atoms with Crippen LogP contribution in [0.4, 0.5) is 18.0 Å². The summed E-state index contributed by atoms with van der Waals surface area (Å²) < 4.78 is 89.5. The number of hydrogen-bond acceptors (Lipinski definition) is 7. The summed E-state index contributed by atoms with van der Waals surface area (Å²) in [6.45, 7) is 7.08. The van der Waals surface area contributed by atoms with Gasteiger partial charge in [-0.1, -0.05) is 18.2 Å². The lowest BCUT2D eigenvalue weighted by Crippen LogP contribution is -2.32. The highest BCUT2D eigenvalue weighted by Gasteiger charge is 2.37. The van der Waals surface area contributed by atoms with Crippen LogP contribution in [0.15, 0.2) is 59.8 Å². The highest BCUT2D eigenvalue weighted by atomic mass is 32.2. The van der Waals surface area contributed by atoms with Crippen LogP contribution in [0, 0.1) is 17.5 Å². The van der Waals surface area contributed by atoms with Crippen molar-refractivity contribution in [1.82, 2.24) is 20.3 Å². The van der Waals surface area contributed by atoms with E-state index >= 15 is 13.2 Å². The van der Waals surface area contributed by atoms with Crippen molar-refractivity contribution in [2.75, 3.05) is 12.9 Å². The first-order chi connectivity index (χ1) is 22.6. The van der Waals surface area contributed by atoms with Gasteiger partial charge in [0.05, 0.1) is 17.7 Å². The first kappa shape index (κ1) is 32.9. The number of hydrogen-bond donors (Lipinski definition) is 3. The fourth-order valence-electron chi connectivity index (χ4n) is 5.80. The Kier molecular flexibility index (Phi) is 8.18. The summed E-state index contributed by atoms with van der Waals surface area (Å²) in [6, 6.07) is 11.1. The van der Waals surface area contributed by atoms with Crippen LogP contribution in [0.3, 0.4) is 0 Å². The molecule has 3 heterocycles. The number of nitrogens with one attached hydrogen (secondary N) is 3. The van der Waals surface area contributed by atoms with Gasteiger partial charge in [-0.2, -0.15) is 4.39 Å². The Morgan fingerprint density at radius 1 is 1.12 bits per heavy atom. The Balaban J connectivity index is 1.46. The van der Waals surface area contributed by atoms with Gasteiger partial charge in [0, 0.05) is 52.8 Å². The number of ether oxygens (including phenoxy) is 3. The standard InChI is InChI=1S/C34H33F3N4O6S/c1-33(2,3)47-32(42)40-16-18-14-22(35)20(31-39-17-25(41-31)34(4)11-13-45-23-9-7-6-8-21(23)34)15-24(18)46-29-27(37)26(36)28-19(10-12-38-28)30(29)48(5,43)44/h6-10,12,14-15,17,38H,11,13,16H2,1-5H3,(H,39,41)(H,40,42). The third-order valence-corrected chi connectivity index (χ3v) is 9.28. The van der Waals surface area contributed by atoms with Crippen LogP contribution in [0.25, 0.3) is 22.3 Å². The van der Waals surface area contributed by atoms with Crippen molar-refractivity contribution in [3.8, 4) is 28.6 Å². The van der Waals surface area contributed by atoms with Crippen molar-refractivity contribution in [3.05, 3.63) is 89.1 Å². The van der Waals surface area contributed by atoms with E-state index in [1.807, 2.05) is 31.2 Å². The minimum Gasteiger partial charge on any atom is -0.493 e. The lowest BCUT2D eigenvalue weighted by atomic mass is 9.75. The van der Waals surface area contributed by atoms with Crippen LogP contribution < -0.4 is 14.8 Å². The highest BCUT2D eigenvalue weighted by Crippen LogP contribution is 2.44. The number of amides is 1. The molecular formula is C34H33F3N4O6S. The fraction of sp³-hybridized carbons (Fsp3) is 0.294. The molecule has 0 aliphatic carbocycles. The molecule has 2 aromatic heterocycles. The average molecular weight is 683 g/mol. The molecule has 1 unspecified atom stereocenters. The molecule has 252 valence electrons. The van der Waals surface area contributed by atoms with Crippen molar-refractivity contribution in [3.63, 3.8) is 0 Å². The number of imidazole rings is 1. The zero-order chi connectivity index (χ0) is 34.6. The number of para-hydroxylation sites is 1. The van der Waals surface area contributed by atoms with Gasteiger partial charge >= 0.3 is 6.09 Å². The van der Waals surface area contributed by atoms with Gasteiger partial charge in [-0.3, -0.25) is 0 Å². The maximum absolute atomic E-state index is 15.9. The molecule has 0 radical (unpaired) electrons. The zero-order valence-corrected chi connectivity index (χ0v) is 27.6. The van der Waals surface area contributed by atoms with Gasteiger partial charge in [-0.05, 0) is 58.4 Å². The monoisotopic (exact) mass is 682 g/mol. The molecule has 14 heteroatoms. The van der Waals surface area contributed by atoms with E-state index < -0.39 is 55.0 Å². The quantitative estimate of drug-likeness (QED) is 0.154. The number of sulfone groups is 1. The molecule has 0 spiro atoms. The van der Waals surface area contributed by atoms with E-state index in [9.17, 15) is 13.2 Å². The van der Waals surface area contributed by atoms with Crippen LogP contribution in [-0.4, -0.2) is 47.9 Å². The Hall–Kier alpha value is -4.98. The number of H-pyrrole nitrogens is 2. The van der Waals surface area contributed by atoms with Gasteiger partial charge in [-0.25, -0.2) is 27.0 Å². The van der Waals surface area contributed by atoms with E-state index in [2.05, 4.69) is 20.3 Å². The second kappa shape index (κ2) is 11.9. The number of carbonyl (C=O) groups excluding carboxylic acids is 1. The number of aromatic nitrogens is 3. The average Bonchev–Trinajstić information content (AvgIpc) is 3.69. The van der Waals surface area contributed by atoms with Gasteiger partial charge in [0.25, 0.3) is 0 Å². The van der Waals surface area contributed by atoms with E-state index in [4.69, 9.17) is 14.2 Å². The molecule has 0 fully saturated rings. The van der Waals surface area contributed by atoms with E-state index in [1.54, 1.807) is 27.0 Å². The van der Waals surface area contributed by atoms with Crippen LogP contribution in [-0.2, 0) is 26.5 Å². The lowest BCUT2D eigenvalue weighted by molar-refractivity contribution is 0.0523. The molecule has 10 nitrogen and oxygen atoms in total. The molecule has 1 aliphatic rings. The number of rotatable bonds is 7. The molecule has 1 atom stereocenters. The molecule has 48 heavy (non-hydrogen) atoms. The number of nitrogens with zero attached hydrogens (tertiary/aromatic N) is 1. The van der Waals surface area contributed by atoms with Gasteiger partial charge in [0.2, 0.25) is 5.82 Å². The molecule has 1 amide bonds. The summed E-state index contributed by atoms with van der Waals surface area (Å²) in [5.41, 5.74) is -0.281. The number of halogens is 3. The Bertz CT molecular complexity index is 2170. The molecule has 6 rings (SSSR count). The molecule has 0 saturated heterocycles. The van der Waals surface area contributed by atoms with Crippen molar-refractivity contribution in [2.24, 2.45) is 0 Å². The van der Waals surface area contributed by atoms with Gasteiger partial charge < -0.3 is 29.5 Å². The number of carbonyl (C=O) groups is 1. The van der Waals surface area contributed by atoms with Crippen molar-refractivity contribution >= 4 is 26.8 Å². The maximum Gasteiger partial charge on any atom is 0.407 e. The predicted octanol–water partition coefficient (Wildman–Crippen LogP) is 7.28. The van der Waals surface area contributed by atoms with Gasteiger partial charge in [0.1, 0.15) is 33.6 Å². The Morgan fingerprint density at radius 2 is 1.88 bits per heavy atom. The van der Waals surface area contributed by atoms with E-state index in [0.29, 0.717) is 18.7 Å². The van der Waals surface area contributed by atoms with Crippen LogP contribution in [0.2, 0.25) is 0 Å². The lowest BCUT2D eigenvalue weighted by Gasteiger charge is -2.34. The first-order valence-electron chi connectivity index (χ1n) is 15.0. The van der Waals surface area contributed by atoms with Gasteiger partial charge in [-0.15, -0.1) is 0 Å². The minimum atomic E-state index is -4.20. The smallest absolute Gasteiger partial charge is 0.407 e. The summed E-state index contributed by atoms with van der Waals surface area (Å²) in [7, 11) is -4.20. The molecule has 0 saturated carbocycles. The fourth-order valence-corrected chi connectivity index (χ4v) is 6.84. The van der Waals surface area contributed by atoms with Crippen LogP contribution >= 0.6 is 0 Å². The van der Waals surface area contributed by atoms with Crippen LogP contribution in [0.1, 0.15) is 50.9 Å².